The van der Waals surface area contributed by atoms with Crippen LogP contribution in [-0.2, 0) is 6.54 Å². The molecule has 0 radical (unpaired) electrons. The normalized spacial score (nSPS) is 18.1. The molecular formula is C14H24BrN3S. The Morgan fingerprint density at radius 3 is 2.68 bits per heavy atom. The summed E-state index contributed by atoms with van der Waals surface area (Å²) in [5.74, 6) is 0. The first kappa shape index (κ1) is 15.4. The van der Waals surface area contributed by atoms with Crippen molar-refractivity contribution in [3.05, 3.63) is 20.3 Å². The van der Waals surface area contributed by atoms with E-state index in [2.05, 4.69) is 51.1 Å². The van der Waals surface area contributed by atoms with Crippen LogP contribution in [0.15, 0.2) is 10.5 Å². The number of thiophene rings is 1. The Hall–Kier alpha value is 0.0600. The van der Waals surface area contributed by atoms with E-state index in [1.165, 1.54) is 53.4 Å². The van der Waals surface area contributed by atoms with Crippen molar-refractivity contribution in [1.29, 1.82) is 0 Å². The topological polar surface area (TPSA) is 18.5 Å². The molecule has 0 amide bonds. The van der Waals surface area contributed by atoms with Crippen LogP contribution in [0, 0.1) is 6.92 Å². The molecule has 2 rings (SSSR count). The minimum atomic E-state index is 1.000. The summed E-state index contributed by atoms with van der Waals surface area (Å²) in [5.41, 5.74) is 0. The van der Waals surface area contributed by atoms with Crippen molar-refractivity contribution in [1.82, 2.24) is 15.1 Å². The number of nitrogens with one attached hydrogen (secondary N) is 1. The fourth-order valence-corrected chi connectivity index (χ4v) is 3.89. The average Bonchev–Trinajstić information content (AvgIpc) is 2.71. The molecule has 0 spiro atoms. The van der Waals surface area contributed by atoms with E-state index in [0.29, 0.717) is 0 Å². The summed E-state index contributed by atoms with van der Waals surface area (Å²) in [7, 11) is 2.21. The fraction of sp³-hybridized carbons (Fsp3) is 0.714. The average molecular weight is 346 g/mol. The molecule has 3 nitrogen and oxygen atoms in total. The molecule has 0 atom stereocenters. The molecule has 0 aromatic carbocycles. The summed E-state index contributed by atoms with van der Waals surface area (Å²) in [6, 6.07) is 2.23. The first-order chi connectivity index (χ1) is 9.15. The zero-order chi connectivity index (χ0) is 13.7. The van der Waals surface area contributed by atoms with Crippen LogP contribution >= 0.6 is 27.3 Å². The van der Waals surface area contributed by atoms with Crippen molar-refractivity contribution in [2.45, 2.75) is 19.9 Å². The molecule has 1 aromatic rings. The molecule has 1 aliphatic rings. The highest BCUT2D eigenvalue weighted by atomic mass is 79.9. The van der Waals surface area contributed by atoms with E-state index < -0.39 is 0 Å². The maximum atomic E-state index is 3.57. The van der Waals surface area contributed by atoms with Gasteiger partial charge >= 0.3 is 0 Å². The van der Waals surface area contributed by atoms with Crippen LogP contribution in [0.5, 0.6) is 0 Å². The summed E-state index contributed by atoms with van der Waals surface area (Å²) in [6.07, 6.45) is 1.25. The van der Waals surface area contributed by atoms with Gasteiger partial charge in [0.25, 0.3) is 0 Å². The van der Waals surface area contributed by atoms with Crippen LogP contribution in [0.1, 0.15) is 16.2 Å². The third kappa shape index (κ3) is 5.16. The predicted molar refractivity (Wildman–Crippen MR) is 87.0 cm³/mol. The Morgan fingerprint density at radius 1 is 1.32 bits per heavy atom. The van der Waals surface area contributed by atoms with Gasteiger partial charge < -0.3 is 15.1 Å². The van der Waals surface area contributed by atoms with Crippen molar-refractivity contribution in [2.75, 3.05) is 46.3 Å². The third-order valence-corrected chi connectivity index (χ3v) is 5.77. The van der Waals surface area contributed by atoms with Gasteiger partial charge in [0, 0.05) is 47.0 Å². The molecule has 0 unspecified atom stereocenters. The Labute approximate surface area is 129 Å². The number of rotatable bonds is 6. The van der Waals surface area contributed by atoms with Gasteiger partial charge in [-0.25, -0.2) is 0 Å². The summed E-state index contributed by atoms with van der Waals surface area (Å²) in [4.78, 5) is 7.78. The second kappa shape index (κ2) is 7.74. The molecule has 19 heavy (non-hydrogen) atoms. The quantitative estimate of drug-likeness (QED) is 0.799. The smallest absolute Gasteiger partial charge is 0.0314 e. The molecule has 1 N–H and O–H groups in total. The summed E-state index contributed by atoms with van der Waals surface area (Å²) in [5, 5.41) is 3.54. The zero-order valence-electron chi connectivity index (χ0n) is 11.9. The molecular weight excluding hydrogens is 322 g/mol. The summed E-state index contributed by atoms with van der Waals surface area (Å²) in [6.45, 7) is 10.4. The van der Waals surface area contributed by atoms with Crippen molar-refractivity contribution in [3.63, 3.8) is 0 Å². The molecule has 1 aromatic heterocycles. The van der Waals surface area contributed by atoms with E-state index in [1.54, 1.807) is 0 Å². The van der Waals surface area contributed by atoms with Gasteiger partial charge in [0.15, 0.2) is 0 Å². The molecule has 108 valence electrons. The highest BCUT2D eigenvalue weighted by molar-refractivity contribution is 9.10. The SMILES string of the molecule is Cc1sc(CNCCCN2CCN(C)CC2)cc1Br. The summed E-state index contributed by atoms with van der Waals surface area (Å²) < 4.78 is 1.24. The lowest BCUT2D eigenvalue weighted by Gasteiger charge is -2.32. The second-order valence-corrected chi connectivity index (χ2v) is 7.49. The van der Waals surface area contributed by atoms with Gasteiger partial charge in [0.2, 0.25) is 0 Å². The number of nitrogens with zero attached hydrogens (tertiary/aromatic N) is 2. The number of aryl methyl sites for hydroxylation is 1. The van der Waals surface area contributed by atoms with E-state index in [-0.39, 0.29) is 0 Å². The van der Waals surface area contributed by atoms with E-state index in [9.17, 15) is 0 Å². The molecule has 0 aliphatic carbocycles. The Morgan fingerprint density at radius 2 is 2.05 bits per heavy atom. The molecule has 5 heteroatoms. The van der Waals surface area contributed by atoms with Crippen LogP contribution in [0.2, 0.25) is 0 Å². The van der Waals surface area contributed by atoms with Gasteiger partial charge in [0.1, 0.15) is 0 Å². The van der Waals surface area contributed by atoms with E-state index in [0.717, 1.165) is 13.1 Å². The van der Waals surface area contributed by atoms with Crippen LogP contribution in [0.4, 0.5) is 0 Å². The van der Waals surface area contributed by atoms with E-state index in [4.69, 9.17) is 0 Å². The first-order valence-electron chi connectivity index (χ1n) is 7.01. The zero-order valence-corrected chi connectivity index (χ0v) is 14.3. The van der Waals surface area contributed by atoms with Crippen LogP contribution in [0.3, 0.4) is 0 Å². The largest absolute Gasteiger partial charge is 0.312 e. The maximum Gasteiger partial charge on any atom is 0.0314 e. The fourth-order valence-electron chi connectivity index (χ4n) is 2.32. The maximum absolute atomic E-state index is 3.57. The number of halogens is 1. The van der Waals surface area contributed by atoms with Crippen LogP contribution in [-0.4, -0.2) is 56.1 Å². The molecule has 0 bridgehead atoms. The number of piperazine rings is 1. The lowest BCUT2D eigenvalue weighted by molar-refractivity contribution is 0.153. The Bertz CT molecular complexity index is 367. The van der Waals surface area contributed by atoms with E-state index in [1.807, 2.05) is 11.3 Å². The number of hydrogen-bond acceptors (Lipinski definition) is 4. The van der Waals surface area contributed by atoms with Crippen LogP contribution < -0.4 is 5.32 Å². The van der Waals surface area contributed by atoms with Crippen molar-refractivity contribution in [3.8, 4) is 0 Å². The molecule has 2 heterocycles. The minimum absolute atomic E-state index is 1.000. The van der Waals surface area contributed by atoms with Gasteiger partial charge in [-0.1, -0.05) is 0 Å². The highest BCUT2D eigenvalue weighted by Crippen LogP contribution is 2.25. The monoisotopic (exact) mass is 345 g/mol. The second-order valence-electron chi connectivity index (χ2n) is 5.29. The van der Waals surface area contributed by atoms with Gasteiger partial charge in [-0.3, -0.25) is 0 Å². The number of likely N-dealkylation sites (N-methyl/N-ethyl adjacent to an activating group) is 1. The Balaban J connectivity index is 1.55. The van der Waals surface area contributed by atoms with Gasteiger partial charge in [-0.2, -0.15) is 0 Å². The minimum Gasteiger partial charge on any atom is -0.312 e. The van der Waals surface area contributed by atoms with Crippen molar-refractivity contribution >= 4 is 27.3 Å². The molecule has 0 saturated carbocycles. The Kier molecular flexibility index (Phi) is 6.29. The highest BCUT2D eigenvalue weighted by Gasteiger charge is 2.12. The predicted octanol–water partition coefficient (Wildman–Crippen LogP) is 2.55. The van der Waals surface area contributed by atoms with E-state index >= 15 is 0 Å². The van der Waals surface area contributed by atoms with Crippen molar-refractivity contribution < 1.29 is 0 Å². The van der Waals surface area contributed by atoms with Crippen LogP contribution in [0.25, 0.3) is 0 Å². The standard InChI is InChI=1S/C14H24BrN3S/c1-12-14(15)10-13(19-12)11-16-4-3-5-18-8-6-17(2)7-9-18/h10,16H,3-9,11H2,1-2H3. The lowest BCUT2D eigenvalue weighted by atomic mass is 10.3. The first-order valence-corrected chi connectivity index (χ1v) is 8.62. The lowest BCUT2D eigenvalue weighted by Crippen LogP contribution is -2.45. The molecule has 1 fully saturated rings. The molecule has 1 saturated heterocycles. The van der Waals surface area contributed by atoms with Crippen molar-refractivity contribution in [2.24, 2.45) is 0 Å². The summed E-state index contributed by atoms with van der Waals surface area (Å²) >= 11 is 5.44. The van der Waals surface area contributed by atoms with Gasteiger partial charge in [0.05, 0.1) is 0 Å². The third-order valence-electron chi connectivity index (χ3n) is 3.63. The van der Waals surface area contributed by atoms with Gasteiger partial charge in [-0.05, 0) is 55.5 Å². The molecule has 1 aliphatic heterocycles. The van der Waals surface area contributed by atoms with Gasteiger partial charge in [-0.15, -0.1) is 11.3 Å². The number of hydrogen-bond donors (Lipinski definition) is 1.